The van der Waals surface area contributed by atoms with E-state index < -0.39 is 23.8 Å². The number of alkyl halides is 3. The third-order valence-corrected chi connectivity index (χ3v) is 4.17. The van der Waals surface area contributed by atoms with E-state index in [2.05, 4.69) is 5.32 Å². The molecule has 1 amide bonds. The number of aliphatic carboxylic acids is 1. The zero-order valence-corrected chi connectivity index (χ0v) is 15.4. The fourth-order valence-corrected chi connectivity index (χ4v) is 2.61. The largest absolute Gasteiger partial charge is 0.480 e. The van der Waals surface area contributed by atoms with Gasteiger partial charge in [-0.25, -0.2) is 0 Å². The molecule has 0 aliphatic carbocycles. The molecule has 0 spiro atoms. The van der Waals surface area contributed by atoms with E-state index in [-0.39, 0.29) is 36.9 Å². The minimum atomic E-state index is -4.46. The smallest absolute Gasteiger partial charge is 0.416 e. The van der Waals surface area contributed by atoms with Crippen LogP contribution < -0.4 is 5.32 Å². The minimum absolute atomic E-state index is 0.131. The van der Waals surface area contributed by atoms with Crippen molar-refractivity contribution in [2.75, 3.05) is 13.1 Å². The van der Waals surface area contributed by atoms with Crippen LogP contribution >= 0.6 is 0 Å². The molecule has 2 N–H and O–H groups in total. The molecule has 1 aromatic heterocycles. The average Bonchev–Trinajstić information content (AvgIpc) is 3.08. The van der Waals surface area contributed by atoms with Crippen LogP contribution in [0.2, 0.25) is 0 Å². The summed E-state index contributed by atoms with van der Waals surface area (Å²) in [5.74, 6) is -0.602. The Morgan fingerprint density at radius 1 is 1.25 bits per heavy atom. The number of hydrogen-bond donors (Lipinski definition) is 2. The lowest BCUT2D eigenvalue weighted by atomic mass is 10.1. The fourth-order valence-electron chi connectivity index (χ4n) is 2.61. The summed E-state index contributed by atoms with van der Waals surface area (Å²) < 4.78 is 44.3. The first-order chi connectivity index (χ1) is 13.1. The monoisotopic (exact) mass is 398 g/mol. The third-order valence-electron chi connectivity index (χ3n) is 4.17. The molecule has 0 saturated carbocycles. The van der Waals surface area contributed by atoms with Crippen LogP contribution in [0.15, 0.2) is 40.8 Å². The molecular formula is C19H21F3N2O4. The highest BCUT2D eigenvalue weighted by atomic mass is 19.4. The number of carbonyl (C=O) groups is 2. The van der Waals surface area contributed by atoms with Crippen molar-refractivity contribution in [1.82, 2.24) is 10.2 Å². The average molecular weight is 398 g/mol. The summed E-state index contributed by atoms with van der Waals surface area (Å²) in [5.41, 5.74) is -0.503. The summed E-state index contributed by atoms with van der Waals surface area (Å²) in [6.07, 6.45) is -4.46. The second-order valence-corrected chi connectivity index (χ2v) is 6.31. The van der Waals surface area contributed by atoms with Crippen molar-refractivity contribution in [1.29, 1.82) is 0 Å². The van der Waals surface area contributed by atoms with Gasteiger partial charge in [0.1, 0.15) is 17.6 Å². The van der Waals surface area contributed by atoms with E-state index in [0.717, 1.165) is 12.1 Å². The molecule has 28 heavy (non-hydrogen) atoms. The highest BCUT2D eigenvalue weighted by Crippen LogP contribution is 2.32. The Morgan fingerprint density at radius 3 is 2.57 bits per heavy atom. The van der Waals surface area contributed by atoms with Gasteiger partial charge in [0.15, 0.2) is 0 Å². The zero-order chi connectivity index (χ0) is 20.9. The summed E-state index contributed by atoms with van der Waals surface area (Å²) in [5, 5.41) is 11.9. The predicted octanol–water partition coefficient (Wildman–Crippen LogP) is 3.38. The van der Waals surface area contributed by atoms with Crippen LogP contribution in [-0.4, -0.2) is 41.0 Å². The van der Waals surface area contributed by atoms with Crippen molar-refractivity contribution in [3.05, 3.63) is 47.7 Å². The Bertz CT molecular complexity index is 833. The van der Waals surface area contributed by atoms with Crippen LogP contribution in [0, 0.1) is 0 Å². The van der Waals surface area contributed by atoms with Gasteiger partial charge in [-0.3, -0.25) is 14.5 Å². The van der Waals surface area contributed by atoms with Crippen molar-refractivity contribution in [3.63, 3.8) is 0 Å². The van der Waals surface area contributed by atoms with Crippen LogP contribution in [0.5, 0.6) is 0 Å². The van der Waals surface area contributed by atoms with Gasteiger partial charge in [-0.2, -0.15) is 13.2 Å². The number of carboxylic acid groups (broad SMARTS) is 1. The maximum atomic E-state index is 12.9. The van der Waals surface area contributed by atoms with Crippen LogP contribution in [0.4, 0.5) is 13.2 Å². The molecule has 0 radical (unpaired) electrons. The number of rotatable bonds is 8. The molecule has 0 saturated heterocycles. The summed E-state index contributed by atoms with van der Waals surface area (Å²) in [6.45, 7) is 3.53. The number of benzene rings is 1. The second-order valence-electron chi connectivity index (χ2n) is 6.31. The van der Waals surface area contributed by atoms with E-state index in [1.54, 1.807) is 17.0 Å². The fraction of sp³-hybridized carbons (Fsp3) is 0.368. The van der Waals surface area contributed by atoms with Gasteiger partial charge in [-0.1, -0.05) is 12.1 Å². The SMILES string of the molecule is CC(=O)NCCN(Cc1ccc(-c2cccc(C(F)(F)F)c2)o1)C(C)C(=O)O. The minimum Gasteiger partial charge on any atom is -0.480 e. The van der Waals surface area contributed by atoms with Crippen molar-refractivity contribution in [2.24, 2.45) is 0 Å². The molecule has 1 unspecified atom stereocenters. The van der Waals surface area contributed by atoms with E-state index in [0.29, 0.717) is 5.76 Å². The quantitative estimate of drug-likeness (QED) is 0.712. The van der Waals surface area contributed by atoms with Gasteiger partial charge in [0, 0.05) is 25.6 Å². The van der Waals surface area contributed by atoms with Crippen molar-refractivity contribution in [2.45, 2.75) is 32.6 Å². The molecule has 1 aromatic carbocycles. The van der Waals surface area contributed by atoms with Crippen LogP contribution in [-0.2, 0) is 22.3 Å². The topological polar surface area (TPSA) is 82.8 Å². The van der Waals surface area contributed by atoms with Gasteiger partial charge in [-0.05, 0) is 31.2 Å². The Morgan fingerprint density at radius 2 is 1.96 bits per heavy atom. The number of carbonyl (C=O) groups excluding carboxylic acids is 1. The molecule has 152 valence electrons. The van der Waals surface area contributed by atoms with Crippen molar-refractivity contribution >= 4 is 11.9 Å². The molecule has 0 bridgehead atoms. The maximum Gasteiger partial charge on any atom is 0.416 e. The predicted molar refractivity (Wildman–Crippen MR) is 95.3 cm³/mol. The summed E-state index contributed by atoms with van der Waals surface area (Å²) in [7, 11) is 0. The van der Waals surface area contributed by atoms with Gasteiger partial charge < -0.3 is 14.8 Å². The van der Waals surface area contributed by atoms with E-state index in [1.165, 1.54) is 26.0 Å². The number of nitrogens with one attached hydrogen (secondary N) is 1. The van der Waals surface area contributed by atoms with Gasteiger partial charge in [0.05, 0.1) is 12.1 Å². The van der Waals surface area contributed by atoms with E-state index in [1.807, 2.05) is 0 Å². The van der Waals surface area contributed by atoms with Gasteiger partial charge in [0.2, 0.25) is 5.91 Å². The summed E-state index contributed by atoms with van der Waals surface area (Å²) in [4.78, 5) is 23.9. The molecule has 2 rings (SSSR count). The van der Waals surface area contributed by atoms with Crippen LogP contribution in [0.1, 0.15) is 25.2 Å². The molecule has 0 aliphatic heterocycles. The standard InChI is InChI=1S/C19H21F3N2O4/c1-12(18(26)27)24(9-8-23-13(2)25)11-16-6-7-17(28-16)14-4-3-5-15(10-14)19(20,21)22/h3-7,10,12H,8-9,11H2,1-2H3,(H,23,25)(H,26,27). The lowest BCUT2D eigenvalue weighted by Gasteiger charge is -2.25. The molecule has 1 atom stereocenters. The summed E-state index contributed by atoms with van der Waals surface area (Å²) >= 11 is 0. The number of hydrogen-bond acceptors (Lipinski definition) is 4. The number of carboxylic acids is 1. The number of nitrogens with zero attached hydrogens (tertiary/aromatic N) is 1. The normalized spacial score (nSPS) is 12.8. The van der Waals surface area contributed by atoms with Crippen LogP contribution in [0.3, 0.4) is 0 Å². The van der Waals surface area contributed by atoms with Crippen molar-refractivity contribution < 1.29 is 32.3 Å². The number of amides is 1. The summed E-state index contributed by atoms with van der Waals surface area (Å²) in [6, 6.07) is 7.08. The Hall–Kier alpha value is -2.81. The van der Waals surface area contributed by atoms with Gasteiger partial charge in [-0.15, -0.1) is 0 Å². The first-order valence-corrected chi connectivity index (χ1v) is 8.55. The highest BCUT2D eigenvalue weighted by Gasteiger charge is 2.30. The lowest BCUT2D eigenvalue weighted by molar-refractivity contribution is -0.143. The van der Waals surface area contributed by atoms with Gasteiger partial charge in [0.25, 0.3) is 0 Å². The molecule has 9 heteroatoms. The first-order valence-electron chi connectivity index (χ1n) is 8.55. The molecule has 0 aliphatic rings. The molecule has 1 heterocycles. The van der Waals surface area contributed by atoms with Gasteiger partial charge >= 0.3 is 12.1 Å². The lowest BCUT2D eigenvalue weighted by Crippen LogP contribution is -2.42. The Kier molecular flexibility index (Phi) is 6.85. The maximum absolute atomic E-state index is 12.9. The van der Waals surface area contributed by atoms with Crippen molar-refractivity contribution in [3.8, 4) is 11.3 Å². The number of halogens is 3. The second kappa shape index (κ2) is 8.92. The molecular weight excluding hydrogens is 377 g/mol. The highest BCUT2D eigenvalue weighted by molar-refractivity contribution is 5.73. The first kappa shape index (κ1) is 21.5. The van der Waals surface area contributed by atoms with E-state index >= 15 is 0 Å². The molecule has 2 aromatic rings. The van der Waals surface area contributed by atoms with E-state index in [4.69, 9.17) is 4.42 Å². The molecule has 0 fully saturated rings. The Balaban J connectivity index is 2.16. The Labute approximate surface area is 159 Å². The molecule has 6 nitrogen and oxygen atoms in total. The third kappa shape index (κ3) is 5.85. The van der Waals surface area contributed by atoms with Crippen LogP contribution in [0.25, 0.3) is 11.3 Å². The van der Waals surface area contributed by atoms with E-state index in [9.17, 15) is 27.9 Å². The zero-order valence-electron chi connectivity index (χ0n) is 15.4. The number of furan rings is 1.